The summed E-state index contributed by atoms with van der Waals surface area (Å²) in [7, 11) is 0. The molecule has 0 aromatic carbocycles. The third-order valence-electron chi connectivity index (χ3n) is 3.38. The van der Waals surface area contributed by atoms with Crippen LogP contribution in [0.1, 0.15) is 47.5 Å². The first kappa shape index (κ1) is 12.2. The summed E-state index contributed by atoms with van der Waals surface area (Å²) in [6.07, 6.45) is 6.48. The number of ketones is 1. The van der Waals surface area contributed by atoms with E-state index < -0.39 is 0 Å². The summed E-state index contributed by atoms with van der Waals surface area (Å²) in [6, 6.07) is 0. The van der Waals surface area contributed by atoms with Gasteiger partial charge in [-0.05, 0) is 45.1 Å². The predicted octanol–water partition coefficient (Wildman–Crippen LogP) is 3.90. The van der Waals surface area contributed by atoms with E-state index in [1.165, 1.54) is 24.0 Å². The Morgan fingerprint density at radius 2 is 2.07 bits per heavy atom. The third kappa shape index (κ3) is 2.80. The molecule has 0 aromatic heterocycles. The van der Waals surface area contributed by atoms with E-state index in [1.807, 2.05) is 0 Å². The molecule has 1 unspecified atom stereocenters. The predicted molar refractivity (Wildman–Crippen MR) is 64.7 cm³/mol. The highest BCUT2D eigenvalue weighted by Gasteiger charge is 2.33. The van der Waals surface area contributed by atoms with E-state index >= 15 is 0 Å². The Hall–Kier alpha value is -0.850. The summed E-state index contributed by atoms with van der Waals surface area (Å²) >= 11 is 0. The van der Waals surface area contributed by atoms with Crippen LogP contribution in [0.5, 0.6) is 0 Å². The van der Waals surface area contributed by atoms with Crippen LogP contribution < -0.4 is 0 Å². The molecule has 0 N–H and O–H groups in total. The van der Waals surface area contributed by atoms with E-state index in [2.05, 4.69) is 33.8 Å². The van der Waals surface area contributed by atoms with Gasteiger partial charge in [-0.1, -0.05) is 31.1 Å². The molecule has 0 aliphatic heterocycles. The molecule has 1 atom stereocenters. The van der Waals surface area contributed by atoms with E-state index in [0.717, 1.165) is 0 Å². The average molecular weight is 206 g/mol. The minimum atomic E-state index is 0.154. The standard InChI is InChI=1S/C14H22O/c1-10-7-6-8-14(4,5)13(10)11(2)9-12(3)15/h7,9,13H,6,8H2,1-5H3/b11-9+. The molecule has 0 saturated carbocycles. The Morgan fingerprint density at radius 3 is 2.53 bits per heavy atom. The Bertz CT molecular complexity index is 318. The molecule has 0 spiro atoms. The van der Waals surface area contributed by atoms with Gasteiger partial charge in [-0.2, -0.15) is 0 Å². The highest BCUT2D eigenvalue weighted by Crippen LogP contribution is 2.44. The molecule has 1 aliphatic rings. The second kappa shape index (κ2) is 4.34. The first-order chi connectivity index (χ1) is 6.84. The van der Waals surface area contributed by atoms with Crippen LogP contribution >= 0.6 is 0 Å². The molecular weight excluding hydrogens is 184 g/mol. The largest absolute Gasteiger partial charge is 0.295 e. The second-order valence-electron chi connectivity index (χ2n) is 5.41. The van der Waals surface area contributed by atoms with Gasteiger partial charge in [-0.3, -0.25) is 4.79 Å². The lowest BCUT2D eigenvalue weighted by Crippen LogP contribution is -2.29. The van der Waals surface area contributed by atoms with Gasteiger partial charge in [-0.15, -0.1) is 0 Å². The molecule has 0 heterocycles. The van der Waals surface area contributed by atoms with Crippen molar-refractivity contribution in [3.8, 4) is 0 Å². The molecule has 15 heavy (non-hydrogen) atoms. The molecule has 0 aromatic rings. The van der Waals surface area contributed by atoms with Crippen molar-refractivity contribution in [3.63, 3.8) is 0 Å². The van der Waals surface area contributed by atoms with Crippen LogP contribution in [0.25, 0.3) is 0 Å². The third-order valence-corrected chi connectivity index (χ3v) is 3.38. The van der Waals surface area contributed by atoms with Crippen molar-refractivity contribution in [1.29, 1.82) is 0 Å². The lowest BCUT2D eigenvalue weighted by molar-refractivity contribution is -0.112. The van der Waals surface area contributed by atoms with Gasteiger partial charge in [0.1, 0.15) is 0 Å². The summed E-state index contributed by atoms with van der Waals surface area (Å²) in [5.74, 6) is 0.594. The minimum Gasteiger partial charge on any atom is -0.295 e. The monoisotopic (exact) mass is 206 g/mol. The number of carbonyl (C=O) groups is 1. The maximum absolute atomic E-state index is 11.1. The first-order valence-corrected chi connectivity index (χ1v) is 5.70. The summed E-state index contributed by atoms with van der Waals surface area (Å²) < 4.78 is 0. The van der Waals surface area contributed by atoms with Gasteiger partial charge in [0.25, 0.3) is 0 Å². The van der Waals surface area contributed by atoms with Crippen LogP contribution in [0.4, 0.5) is 0 Å². The Morgan fingerprint density at radius 1 is 1.47 bits per heavy atom. The van der Waals surface area contributed by atoms with Crippen molar-refractivity contribution in [2.24, 2.45) is 11.3 Å². The van der Waals surface area contributed by atoms with Crippen LogP contribution in [-0.4, -0.2) is 5.78 Å². The zero-order chi connectivity index (χ0) is 11.6. The topological polar surface area (TPSA) is 17.1 Å². The fraction of sp³-hybridized carbons (Fsp3) is 0.643. The molecule has 1 rings (SSSR count). The van der Waals surface area contributed by atoms with Crippen LogP contribution in [-0.2, 0) is 4.79 Å². The van der Waals surface area contributed by atoms with Gasteiger partial charge in [0, 0.05) is 5.92 Å². The van der Waals surface area contributed by atoms with Crippen molar-refractivity contribution >= 4 is 5.78 Å². The van der Waals surface area contributed by atoms with Gasteiger partial charge >= 0.3 is 0 Å². The first-order valence-electron chi connectivity index (χ1n) is 5.70. The molecule has 1 heteroatoms. The molecule has 0 bridgehead atoms. The van der Waals surface area contributed by atoms with Crippen molar-refractivity contribution in [2.45, 2.75) is 47.5 Å². The summed E-state index contributed by atoms with van der Waals surface area (Å²) in [5, 5.41) is 0. The highest BCUT2D eigenvalue weighted by molar-refractivity contribution is 5.88. The Kier molecular flexibility index (Phi) is 3.54. The SMILES string of the molecule is CC(=O)/C=C(\C)C1C(C)=CCCC1(C)C. The fourth-order valence-corrected chi connectivity index (χ4v) is 2.93. The number of carbonyl (C=O) groups excluding carboxylic acids is 1. The molecule has 0 radical (unpaired) electrons. The zero-order valence-corrected chi connectivity index (χ0v) is 10.6. The van der Waals surface area contributed by atoms with E-state index in [4.69, 9.17) is 0 Å². The highest BCUT2D eigenvalue weighted by atomic mass is 16.1. The van der Waals surface area contributed by atoms with Gasteiger partial charge in [0.2, 0.25) is 0 Å². The summed E-state index contributed by atoms with van der Waals surface area (Å²) in [6.45, 7) is 10.5. The minimum absolute atomic E-state index is 0.154. The van der Waals surface area contributed by atoms with Crippen LogP contribution in [0, 0.1) is 11.3 Å². The number of rotatable bonds is 2. The van der Waals surface area contributed by atoms with Gasteiger partial charge < -0.3 is 0 Å². The summed E-state index contributed by atoms with van der Waals surface area (Å²) in [5.41, 5.74) is 2.91. The van der Waals surface area contributed by atoms with Crippen LogP contribution in [0.2, 0.25) is 0 Å². The van der Waals surface area contributed by atoms with Crippen molar-refractivity contribution < 1.29 is 4.79 Å². The molecule has 1 nitrogen and oxygen atoms in total. The Balaban J connectivity index is 3.04. The number of allylic oxidation sites excluding steroid dienone is 4. The fourth-order valence-electron chi connectivity index (χ4n) is 2.93. The maximum atomic E-state index is 11.1. The lowest BCUT2D eigenvalue weighted by atomic mass is 9.66. The van der Waals surface area contributed by atoms with Gasteiger partial charge in [0.15, 0.2) is 5.78 Å². The second-order valence-corrected chi connectivity index (χ2v) is 5.41. The van der Waals surface area contributed by atoms with E-state index in [-0.39, 0.29) is 11.2 Å². The lowest BCUT2D eigenvalue weighted by Gasteiger charge is -2.39. The molecule has 0 amide bonds. The van der Waals surface area contributed by atoms with Crippen molar-refractivity contribution in [1.82, 2.24) is 0 Å². The number of hydrogen-bond acceptors (Lipinski definition) is 1. The average Bonchev–Trinajstić information content (AvgIpc) is 1.99. The molecular formula is C14H22O. The Labute approximate surface area is 93.3 Å². The summed E-state index contributed by atoms with van der Waals surface area (Å²) in [4.78, 5) is 11.1. The number of hydrogen-bond donors (Lipinski definition) is 0. The molecule has 84 valence electrons. The van der Waals surface area contributed by atoms with Gasteiger partial charge in [-0.25, -0.2) is 0 Å². The van der Waals surface area contributed by atoms with Crippen molar-refractivity contribution in [2.75, 3.05) is 0 Å². The van der Waals surface area contributed by atoms with E-state index in [9.17, 15) is 4.79 Å². The zero-order valence-electron chi connectivity index (χ0n) is 10.6. The smallest absolute Gasteiger partial charge is 0.152 e. The van der Waals surface area contributed by atoms with E-state index in [0.29, 0.717) is 5.92 Å². The van der Waals surface area contributed by atoms with E-state index in [1.54, 1.807) is 13.0 Å². The van der Waals surface area contributed by atoms with Gasteiger partial charge in [0.05, 0.1) is 0 Å². The molecule has 0 saturated heterocycles. The quantitative estimate of drug-likeness (QED) is 0.494. The van der Waals surface area contributed by atoms with Crippen LogP contribution in [0.3, 0.4) is 0 Å². The molecule has 0 fully saturated rings. The molecule has 1 aliphatic carbocycles. The maximum Gasteiger partial charge on any atom is 0.152 e. The van der Waals surface area contributed by atoms with Crippen LogP contribution in [0.15, 0.2) is 23.3 Å². The van der Waals surface area contributed by atoms with Crippen molar-refractivity contribution in [3.05, 3.63) is 23.3 Å². The normalized spacial score (nSPS) is 26.1.